The maximum Gasteiger partial charge on any atom is 0.417 e. The van der Waals surface area contributed by atoms with Crippen molar-refractivity contribution >= 4 is 22.6 Å². The number of aryl methyl sites for hydroxylation is 1. The van der Waals surface area contributed by atoms with Crippen LogP contribution in [0.4, 0.5) is 23.4 Å². The summed E-state index contributed by atoms with van der Waals surface area (Å²) in [5.41, 5.74) is 2.77. The molecule has 1 saturated heterocycles. The Morgan fingerprint density at radius 3 is 2.39 bits per heavy atom. The summed E-state index contributed by atoms with van der Waals surface area (Å²) < 4.78 is 52.4. The first-order valence-corrected chi connectivity index (χ1v) is 11.7. The molecule has 9 heteroatoms. The largest absolute Gasteiger partial charge is 0.417 e. The molecular weight excluding hydrogens is 472 g/mol. The number of fused-ring (bicyclic) bond motifs is 1. The number of hydrogen-bond donors (Lipinski definition) is 1. The van der Waals surface area contributed by atoms with Crippen molar-refractivity contribution in [2.45, 2.75) is 19.0 Å². The first kappa shape index (κ1) is 23.8. The summed E-state index contributed by atoms with van der Waals surface area (Å²) in [5.74, 6) is 0.116. The lowest BCUT2D eigenvalue weighted by molar-refractivity contribution is -0.137. The van der Waals surface area contributed by atoms with Gasteiger partial charge in [-0.15, -0.1) is 0 Å². The monoisotopic (exact) mass is 496 g/mol. The number of carbonyl (C=O) groups excluding carboxylic acids is 1. The lowest BCUT2D eigenvalue weighted by Gasteiger charge is -2.35. The number of hydrogen-bond acceptors (Lipinski definition) is 3. The summed E-state index contributed by atoms with van der Waals surface area (Å²) in [5, 5.41) is 0.764. The highest BCUT2D eigenvalue weighted by Crippen LogP contribution is 2.32. The number of amides is 1. The minimum atomic E-state index is -4.42. The molecule has 0 spiro atoms. The molecule has 1 amide bonds. The van der Waals surface area contributed by atoms with Crippen molar-refractivity contribution < 1.29 is 22.4 Å². The van der Waals surface area contributed by atoms with Crippen LogP contribution >= 0.6 is 0 Å². The Morgan fingerprint density at radius 1 is 0.972 bits per heavy atom. The summed E-state index contributed by atoms with van der Waals surface area (Å²) >= 11 is 0. The van der Waals surface area contributed by atoms with E-state index in [0.717, 1.165) is 40.0 Å². The van der Waals surface area contributed by atoms with E-state index in [4.69, 9.17) is 0 Å². The molecular formula is C27H24F4N4O. The van der Waals surface area contributed by atoms with Gasteiger partial charge in [0.05, 0.1) is 5.56 Å². The zero-order valence-corrected chi connectivity index (χ0v) is 19.4. The molecule has 186 valence electrons. The number of H-pyrrole nitrogens is 1. The van der Waals surface area contributed by atoms with Crippen LogP contribution in [0.2, 0.25) is 0 Å². The molecule has 0 atom stereocenters. The number of benzene rings is 2. The van der Waals surface area contributed by atoms with Crippen LogP contribution in [0.5, 0.6) is 0 Å². The van der Waals surface area contributed by atoms with Crippen molar-refractivity contribution in [3.05, 3.63) is 83.8 Å². The maximum atomic E-state index is 14.0. The number of carbonyl (C=O) groups is 1. The average molecular weight is 497 g/mol. The molecule has 0 saturated carbocycles. The zero-order chi connectivity index (χ0) is 25.3. The molecule has 4 aromatic rings. The van der Waals surface area contributed by atoms with Gasteiger partial charge in [-0.25, -0.2) is 9.37 Å². The van der Waals surface area contributed by atoms with Crippen LogP contribution in [0.25, 0.3) is 22.2 Å². The Hall–Kier alpha value is -3.88. The van der Waals surface area contributed by atoms with E-state index in [2.05, 4.69) is 9.97 Å². The predicted molar refractivity (Wildman–Crippen MR) is 130 cm³/mol. The highest BCUT2D eigenvalue weighted by atomic mass is 19.4. The van der Waals surface area contributed by atoms with E-state index in [9.17, 15) is 22.4 Å². The van der Waals surface area contributed by atoms with E-state index in [0.29, 0.717) is 38.4 Å². The fraction of sp³-hybridized carbons (Fsp3) is 0.259. The fourth-order valence-corrected chi connectivity index (χ4v) is 4.65. The van der Waals surface area contributed by atoms with Gasteiger partial charge in [-0.1, -0.05) is 30.3 Å². The standard InChI is InChI=1S/C27H24F4N4O/c28-20-7-9-23-22(16-20)21(26(33-23)18-4-2-1-3-5-18)8-11-25(36)35-14-12-34(13-15-35)24-10-6-19(17-32-24)27(29,30)31/h1-7,9-10,16-17,33H,8,11-15H2. The van der Waals surface area contributed by atoms with Crippen LogP contribution in [-0.2, 0) is 17.4 Å². The number of nitrogens with zero attached hydrogens (tertiary/aromatic N) is 3. The molecule has 1 aliphatic rings. The number of alkyl halides is 3. The lowest BCUT2D eigenvalue weighted by Crippen LogP contribution is -2.49. The molecule has 5 nitrogen and oxygen atoms in total. The van der Waals surface area contributed by atoms with Crippen molar-refractivity contribution in [2.24, 2.45) is 0 Å². The predicted octanol–water partition coefficient (Wildman–Crippen LogP) is 5.67. The van der Waals surface area contributed by atoms with Crippen molar-refractivity contribution in [1.82, 2.24) is 14.9 Å². The molecule has 1 fully saturated rings. The highest BCUT2D eigenvalue weighted by Gasteiger charge is 2.31. The first-order valence-electron chi connectivity index (χ1n) is 11.7. The van der Waals surface area contributed by atoms with Gasteiger partial charge in [0.25, 0.3) is 0 Å². The summed E-state index contributed by atoms with van der Waals surface area (Å²) in [6.45, 7) is 1.88. The van der Waals surface area contributed by atoms with Crippen molar-refractivity contribution in [3.8, 4) is 11.3 Å². The van der Waals surface area contributed by atoms with Crippen LogP contribution in [0.3, 0.4) is 0 Å². The molecule has 0 unspecified atom stereocenters. The topological polar surface area (TPSA) is 52.2 Å². The van der Waals surface area contributed by atoms with E-state index < -0.39 is 11.7 Å². The van der Waals surface area contributed by atoms with Crippen LogP contribution in [-0.4, -0.2) is 47.0 Å². The van der Waals surface area contributed by atoms with Crippen LogP contribution < -0.4 is 4.90 Å². The number of aromatic amines is 1. The van der Waals surface area contributed by atoms with Crippen LogP contribution in [0, 0.1) is 5.82 Å². The molecule has 0 bridgehead atoms. The van der Waals surface area contributed by atoms with Crippen LogP contribution in [0.1, 0.15) is 17.5 Å². The number of nitrogens with one attached hydrogen (secondary N) is 1. The Morgan fingerprint density at radius 2 is 1.72 bits per heavy atom. The third-order valence-corrected chi connectivity index (χ3v) is 6.55. The lowest BCUT2D eigenvalue weighted by atomic mass is 10.0. The summed E-state index contributed by atoms with van der Waals surface area (Å²) in [7, 11) is 0. The van der Waals surface area contributed by atoms with E-state index in [-0.39, 0.29) is 18.1 Å². The van der Waals surface area contributed by atoms with Gasteiger partial charge >= 0.3 is 6.18 Å². The van der Waals surface area contributed by atoms with E-state index in [1.165, 1.54) is 18.2 Å². The van der Waals surface area contributed by atoms with Gasteiger partial charge < -0.3 is 14.8 Å². The molecule has 1 aliphatic heterocycles. The van der Waals surface area contributed by atoms with E-state index >= 15 is 0 Å². The Bertz CT molecular complexity index is 1360. The van der Waals surface area contributed by atoms with Crippen molar-refractivity contribution in [2.75, 3.05) is 31.1 Å². The average Bonchev–Trinajstić information content (AvgIpc) is 3.25. The molecule has 3 heterocycles. The van der Waals surface area contributed by atoms with Gasteiger partial charge in [0.15, 0.2) is 0 Å². The van der Waals surface area contributed by atoms with Gasteiger partial charge in [-0.2, -0.15) is 13.2 Å². The Balaban J connectivity index is 1.25. The number of halogens is 4. The second-order valence-corrected chi connectivity index (χ2v) is 8.81. The fourth-order valence-electron chi connectivity index (χ4n) is 4.65. The van der Waals surface area contributed by atoms with E-state index in [1.807, 2.05) is 35.2 Å². The van der Waals surface area contributed by atoms with Crippen LogP contribution in [0.15, 0.2) is 66.9 Å². The second-order valence-electron chi connectivity index (χ2n) is 8.81. The summed E-state index contributed by atoms with van der Waals surface area (Å²) in [6, 6.07) is 16.7. The number of pyridine rings is 1. The first-order chi connectivity index (χ1) is 17.3. The summed E-state index contributed by atoms with van der Waals surface area (Å²) in [6.07, 6.45) is -2.87. The molecule has 36 heavy (non-hydrogen) atoms. The number of anilines is 1. The smallest absolute Gasteiger partial charge is 0.354 e. The normalized spacial score (nSPS) is 14.4. The third-order valence-electron chi connectivity index (χ3n) is 6.55. The molecule has 2 aromatic heterocycles. The molecule has 0 radical (unpaired) electrons. The quantitative estimate of drug-likeness (QED) is 0.363. The maximum absolute atomic E-state index is 14.0. The van der Waals surface area contributed by atoms with Gasteiger partial charge in [0, 0.05) is 55.4 Å². The number of rotatable bonds is 5. The van der Waals surface area contributed by atoms with Gasteiger partial charge in [0.1, 0.15) is 11.6 Å². The SMILES string of the molecule is O=C(CCc1c(-c2ccccc2)[nH]c2ccc(F)cc12)N1CCN(c2ccc(C(F)(F)F)cn2)CC1. The Labute approximate surface area is 205 Å². The Kier molecular flexibility index (Phi) is 6.38. The van der Waals surface area contributed by atoms with Crippen molar-refractivity contribution in [1.29, 1.82) is 0 Å². The summed E-state index contributed by atoms with van der Waals surface area (Å²) in [4.78, 5) is 24.0. The minimum absolute atomic E-state index is 0.0141. The molecule has 1 N–H and O–H groups in total. The molecule has 0 aliphatic carbocycles. The van der Waals surface area contributed by atoms with Gasteiger partial charge in [-0.3, -0.25) is 4.79 Å². The highest BCUT2D eigenvalue weighted by molar-refractivity contribution is 5.91. The van der Waals surface area contributed by atoms with Gasteiger partial charge in [-0.05, 0) is 47.9 Å². The van der Waals surface area contributed by atoms with Crippen molar-refractivity contribution in [3.63, 3.8) is 0 Å². The second kappa shape index (κ2) is 9.64. The third kappa shape index (κ3) is 4.91. The zero-order valence-electron chi connectivity index (χ0n) is 19.4. The molecule has 5 rings (SSSR count). The number of piperazine rings is 1. The minimum Gasteiger partial charge on any atom is -0.354 e. The number of aromatic nitrogens is 2. The van der Waals surface area contributed by atoms with Gasteiger partial charge in [0.2, 0.25) is 5.91 Å². The van der Waals surface area contributed by atoms with E-state index in [1.54, 1.807) is 11.0 Å². The molecule has 2 aromatic carbocycles.